The number of ketones is 1. The Labute approximate surface area is 111 Å². The molecule has 0 aliphatic rings. The van der Waals surface area contributed by atoms with Crippen molar-refractivity contribution in [1.82, 2.24) is 0 Å². The van der Waals surface area contributed by atoms with Gasteiger partial charge in [0.1, 0.15) is 5.78 Å². The average Bonchev–Trinajstić information content (AvgIpc) is 2.40. The summed E-state index contributed by atoms with van der Waals surface area (Å²) in [7, 11) is 0. The standard InChI is InChI=1S/C17H24O/c1-4-6-12-16(5-2)17(18)14(3)13-15-10-8-7-9-11-15/h4,6-11,14,16H,5,12-13H2,1-3H3/b6-4+. The van der Waals surface area contributed by atoms with E-state index in [1.807, 2.05) is 38.1 Å². The summed E-state index contributed by atoms with van der Waals surface area (Å²) in [6, 6.07) is 10.3. The molecule has 0 aliphatic heterocycles. The maximum Gasteiger partial charge on any atom is 0.139 e. The van der Waals surface area contributed by atoms with Crippen molar-refractivity contribution in [3.8, 4) is 0 Å². The van der Waals surface area contributed by atoms with Crippen molar-refractivity contribution in [2.45, 2.75) is 40.0 Å². The normalized spacial score (nSPS) is 14.6. The molecule has 0 spiro atoms. The second-order valence-electron chi connectivity index (χ2n) is 4.90. The number of hydrogen-bond acceptors (Lipinski definition) is 1. The highest BCUT2D eigenvalue weighted by atomic mass is 16.1. The van der Waals surface area contributed by atoms with Crippen molar-refractivity contribution in [2.75, 3.05) is 0 Å². The van der Waals surface area contributed by atoms with Crippen LogP contribution in [0.25, 0.3) is 0 Å². The zero-order valence-electron chi connectivity index (χ0n) is 11.7. The molecule has 0 aliphatic carbocycles. The van der Waals surface area contributed by atoms with Gasteiger partial charge in [-0.3, -0.25) is 4.79 Å². The van der Waals surface area contributed by atoms with E-state index in [4.69, 9.17) is 0 Å². The van der Waals surface area contributed by atoms with Gasteiger partial charge >= 0.3 is 0 Å². The molecule has 2 unspecified atom stereocenters. The van der Waals surface area contributed by atoms with Crippen LogP contribution in [-0.4, -0.2) is 5.78 Å². The molecule has 1 aromatic carbocycles. The predicted octanol–water partition coefficient (Wildman–Crippen LogP) is 4.43. The highest BCUT2D eigenvalue weighted by molar-refractivity contribution is 5.83. The topological polar surface area (TPSA) is 17.1 Å². The van der Waals surface area contributed by atoms with E-state index in [0.717, 1.165) is 19.3 Å². The van der Waals surface area contributed by atoms with Crippen molar-refractivity contribution in [3.05, 3.63) is 48.0 Å². The molecule has 1 nitrogen and oxygen atoms in total. The molecule has 0 N–H and O–H groups in total. The molecule has 2 atom stereocenters. The van der Waals surface area contributed by atoms with Crippen LogP contribution in [0.15, 0.2) is 42.5 Å². The van der Waals surface area contributed by atoms with Crippen LogP contribution in [0.3, 0.4) is 0 Å². The minimum atomic E-state index is 0.114. The number of benzene rings is 1. The van der Waals surface area contributed by atoms with Crippen molar-refractivity contribution >= 4 is 5.78 Å². The zero-order chi connectivity index (χ0) is 13.4. The predicted molar refractivity (Wildman–Crippen MR) is 77.5 cm³/mol. The molecule has 0 amide bonds. The molecule has 0 fully saturated rings. The number of rotatable bonds is 7. The van der Waals surface area contributed by atoms with E-state index in [2.05, 4.69) is 25.1 Å². The molecule has 1 rings (SSSR count). The van der Waals surface area contributed by atoms with Crippen molar-refractivity contribution in [1.29, 1.82) is 0 Å². The summed E-state index contributed by atoms with van der Waals surface area (Å²) in [5, 5.41) is 0. The molecule has 18 heavy (non-hydrogen) atoms. The van der Waals surface area contributed by atoms with Crippen LogP contribution >= 0.6 is 0 Å². The lowest BCUT2D eigenvalue weighted by Gasteiger charge is -2.17. The summed E-state index contributed by atoms with van der Waals surface area (Å²) in [6.07, 6.45) is 6.79. The first-order valence-electron chi connectivity index (χ1n) is 6.87. The van der Waals surface area contributed by atoms with Crippen LogP contribution in [0.5, 0.6) is 0 Å². The highest BCUT2D eigenvalue weighted by Crippen LogP contribution is 2.19. The third-order valence-corrected chi connectivity index (χ3v) is 3.42. The SMILES string of the molecule is C/C=C/CC(CC)C(=O)C(C)Cc1ccccc1. The molecule has 0 bridgehead atoms. The lowest BCUT2D eigenvalue weighted by Crippen LogP contribution is -2.22. The quantitative estimate of drug-likeness (QED) is 0.649. The molecule has 0 heterocycles. The number of carbonyl (C=O) groups excluding carboxylic acids is 1. The number of allylic oxidation sites excluding steroid dienone is 2. The van der Waals surface area contributed by atoms with Gasteiger partial charge in [-0.15, -0.1) is 0 Å². The van der Waals surface area contributed by atoms with Gasteiger partial charge in [-0.05, 0) is 31.7 Å². The summed E-state index contributed by atoms with van der Waals surface area (Å²) < 4.78 is 0. The summed E-state index contributed by atoms with van der Waals surface area (Å²) in [5.41, 5.74) is 1.25. The first kappa shape index (κ1) is 14.7. The summed E-state index contributed by atoms with van der Waals surface area (Å²) >= 11 is 0. The molecule has 1 heteroatoms. The Morgan fingerprint density at radius 3 is 2.50 bits per heavy atom. The zero-order valence-corrected chi connectivity index (χ0v) is 11.7. The fraction of sp³-hybridized carbons (Fsp3) is 0.471. The summed E-state index contributed by atoms with van der Waals surface area (Å²) in [5.74, 6) is 0.696. The molecule has 1 aromatic rings. The minimum Gasteiger partial charge on any atom is -0.299 e. The maximum atomic E-state index is 12.4. The molecule has 0 radical (unpaired) electrons. The molecular formula is C17H24O. The van der Waals surface area contributed by atoms with E-state index in [-0.39, 0.29) is 11.8 Å². The van der Waals surface area contributed by atoms with Crippen LogP contribution in [-0.2, 0) is 11.2 Å². The van der Waals surface area contributed by atoms with Gasteiger partial charge in [-0.2, -0.15) is 0 Å². The van der Waals surface area contributed by atoms with Gasteiger partial charge in [0.05, 0.1) is 0 Å². The second kappa shape index (κ2) is 7.86. The van der Waals surface area contributed by atoms with Crippen LogP contribution in [0.1, 0.15) is 39.2 Å². The maximum absolute atomic E-state index is 12.4. The Morgan fingerprint density at radius 2 is 1.94 bits per heavy atom. The monoisotopic (exact) mass is 244 g/mol. The van der Waals surface area contributed by atoms with Crippen molar-refractivity contribution in [3.63, 3.8) is 0 Å². The first-order chi connectivity index (χ1) is 8.69. The fourth-order valence-corrected chi connectivity index (χ4v) is 2.25. The average molecular weight is 244 g/mol. The van der Waals surface area contributed by atoms with Gasteiger partial charge in [0.15, 0.2) is 0 Å². The van der Waals surface area contributed by atoms with Crippen LogP contribution < -0.4 is 0 Å². The highest BCUT2D eigenvalue weighted by Gasteiger charge is 2.21. The fourth-order valence-electron chi connectivity index (χ4n) is 2.25. The lowest BCUT2D eigenvalue weighted by molar-refractivity contribution is -0.126. The van der Waals surface area contributed by atoms with E-state index in [1.54, 1.807) is 0 Å². The van der Waals surface area contributed by atoms with Crippen LogP contribution in [0, 0.1) is 11.8 Å². The first-order valence-corrected chi connectivity index (χ1v) is 6.87. The van der Waals surface area contributed by atoms with Crippen molar-refractivity contribution < 1.29 is 4.79 Å². The van der Waals surface area contributed by atoms with Gasteiger partial charge in [0.25, 0.3) is 0 Å². The van der Waals surface area contributed by atoms with Crippen LogP contribution in [0.2, 0.25) is 0 Å². The number of Topliss-reactive ketones (excluding diaryl/α,β-unsaturated/α-hetero) is 1. The Hall–Kier alpha value is -1.37. The smallest absolute Gasteiger partial charge is 0.139 e. The molecule has 98 valence electrons. The number of hydrogen-bond donors (Lipinski definition) is 0. The Kier molecular flexibility index (Phi) is 6.42. The Morgan fingerprint density at radius 1 is 1.28 bits per heavy atom. The van der Waals surface area contributed by atoms with Crippen molar-refractivity contribution in [2.24, 2.45) is 11.8 Å². The third-order valence-electron chi connectivity index (χ3n) is 3.42. The molecule has 0 saturated heterocycles. The summed E-state index contributed by atoms with van der Waals surface area (Å²) in [4.78, 5) is 12.4. The van der Waals surface area contributed by atoms with E-state index < -0.39 is 0 Å². The lowest BCUT2D eigenvalue weighted by atomic mass is 9.86. The molecule has 0 aromatic heterocycles. The van der Waals surface area contributed by atoms with Gasteiger partial charge < -0.3 is 0 Å². The van der Waals surface area contributed by atoms with E-state index in [9.17, 15) is 4.79 Å². The Balaban J connectivity index is 2.59. The second-order valence-corrected chi connectivity index (χ2v) is 4.90. The van der Waals surface area contributed by atoms with Gasteiger partial charge in [0, 0.05) is 11.8 Å². The van der Waals surface area contributed by atoms with Crippen LogP contribution in [0.4, 0.5) is 0 Å². The molecule has 0 saturated carbocycles. The Bertz CT molecular complexity index is 378. The number of carbonyl (C=O) groups is 1. The summed E-state index contributed by atoms with van der Waals surface area (Å²) in [6.45, 7) is 6.15. The molecular weight excluding hydrogens is 220 g/mol. The largest absolute Gasteiger partial charge is 0.299 e. The minimum absolute atomic E-state index is 0.114. The third kappa shape index (κ3) is 4.48. The van der Waals surface area contributed by atoms with E-state index in [1.165, 1.54) is 5.56 Å². The van der Waals surface area contributed by atoms with Gasteiger partial charge in [-0.1, -0.05) is 56.3 Å². The van der Waals surface area contributed by atoms with Gasteiger partial charge in [-0.25, -0.2) is 0 Å². The van der Waals surface area contributed by atoms with E-state index in [0.29, 0.717) is 5.78 Å². The van der Waals surface area contributed by atoms with Gasteiger partial charge in [0.2, 0.25) is 0 Å². The van der Waals surface area contributed by atoms with E-state index >= 15 is 0 Å².